The molecule has 0 amide bonds. The summed E-state index contributed by atoms with van der Waals surface area (Å²) in [5.74, 6) is -1.21. The first-order chi connectivity index (χ1) is 15.9. The van der Waals surface area contributed by atoms with Gasteiger partial charge in [0.1, 0.15) is 13.2 Å². The van der Waals surface area contributed by atoms with E-state index in [0.717, 1.165) is 12.8 Å². The molecule has 0 aliphatic heterocycles. The zero-order chi connectivity index (χ0) is 23.6. The van der Waals surface area contributed by atoms with Gasteiger partial charge in [-0.1, -0.05) is 31.4 Å². The molecule has 0 radical (unpaired) electrons. The van der Waals surface area contributed by atoms with Gasteiger partial charge in [-0.25, -0.2) is 14.4 Å². The summed E-state index contributed by atoms with van der Waals surface area (Å²) in [5, 5.41) is 0. The number of rotatable bonds is 9. The Kier molecular flexibility index (Phi) is 8.75. The van der Waals surface area contributed by atoms with Crippen LogP contribution < -0.4 is 0 Å². The molecule has 0 atom stereocenters. The summed E-state index contributed by atoms with van der Waals surface area (Å²) in [6, 6.07) is 12.2. The number of ether oxygens (including phenoxy) is 3. The molecule has 0 spiro atoms. The molecule has 0 N–H and O–H groups in total. The largest absolute Gasteiger partial charge is 0.462 e. The van der Waals surface area contributed by atoms with Crippen molar-refractivity contribution in [3.8, 4) is 0 Å². The van der Waals surface area contributed by atoms with Crippen LogP contribution >= 0.6 is 0 Å². The second kappa shape index (κ2) is 11.9. The second-order valence-electron chi connectivity index (χ2n) is 8.09. The molecule has 7 nitrogen and oxygen atoms in total. The Morgan fingerprint density at radius 2 is 1.03 bits per heavy atom. The van der Waals surface area contributed by atoms with Gasteiger partial charge in [0, 0.05) is 5.56 Å². The van der Waals surface area contributed by atoms with Gasteiger partial charge in [0.2, 0.25) is 0 Å². The molecule has 0 saturated heterocycles. The number of Topliss-reactive ketones (excluding diaryl/α,β-unsaturated/α-hetero) is 1. The van der Waals surface area contributed by atoms with Crippen molar-refractivity contribution in [2.45, 2.75) is 39.0 Å². The fourth-order valence-corrected chi connectivity index (χ4v) is 3.65. The van der Waals surface area contributed by atoms with Crippen molar-refractivity contribution in [2.24, 2.45) is 5.92 Å². The number of hydrogen-bond donors (Lipinski definition) is 0. The summed E-state index contributed by atoms with van der Waals surface area (Å²) < 4.78 is 15.6. The van der Waals surface area contributed by atoms with Crippen LogP contribution in [0.1, 0.15) is 80.5 Å². The van der Waals surface area contributed by atoms with Gasteiger partial charge in [-0.3, -0.25) is 4.79 Å². The third-order valence-corrected chi connectivity index (χ3v) is 5.61. The number of carbonyl (C=O) groups is 4. The average Bonchev–Trinajstić information content (AvgIpc) is 2.85. The van der Waals surface area contributed by atoms with Crippen molar-refractivity contribution in [3.05, 3.63) is 70.8 Å². The van der Waals surface area contributed by atoms with E-state index in [1.807, 2.05) is 0 Å². The summed E-state index contributed by atoms with van der Waals surface area (Å²) in [7, 11) is 0. The molecule has 0 heterocycles. The molecule has 174 valence electrons. The topological polar surface area (TPSA) is 96.0 Å². The van der Waals surface area contributed by atoms with Gasteiger partial charge in [-0.2, -0.15) is 0 Å². The van der Waals surface area contributed by atoms with E-state index in [0.29, 0.717) is 29.2 Å². The van der Waals surface area contributed by atoms with Gasteiger partial charge in [-0.15, -0.1) is 0 Å². The Morgan fingerprint density at radius 3 is 1.45 bits per heavy atom. The van der Waals surface area contributed by atoms with Crippen molar-refractivity contribution < 1.29 is 33.4 Å². The second-order valence-corrected chi connectivity index (χ2v) is 8.09. The van der Waals surface area contributed by atoms with Crippen LogP contribution in [-0.2, 0) is 14.2 Å². The van der Waals surface area contributed by atoms with E-state index in [2.05, 4.69) is 0 Å². The Hall–Kier alpha value is -3.48. The first-order valence-electron chi connectivity index (χ1n) is 11.2. The summed E-state index contributed by atoms with van der Waals surface area (Å²) in [6.07, 6.45) is 5.82. The zero-order valence-electron chi connectivity index (χ0n) is 18.7. The van der Waals surface area contributed by atoms with Crippen LogP contribution in [0.3, 0.4) is 0 Å². The third kappa shape index (κ3) is 7.27. The van der Waals surface area contributed by atoms with Crippen LogP contribution in [0.2, 0.25) is 0 Å². The van der Waals surface area contributed by atoms with E-state index >= 15 is 0 Å². The molecule has 0 bridgehead atoms. The lowest BCUT2D eigenvalue weighted by Gasteiger charge is -2.21. The molecule has 1 aliphatic carbocycles. The smallest absolute Gasteiger partial charge is 0.338 e. The van der Waals surface area contributed by atoms with Gasteiger partial charge in [0.15, 0.2) is 5.78 Å². The molecule has 2 aromatic carbocycles. The lowest BCUT2D eigenvalue weighted by molar-refractivity contribution is 0.0265. The molecule has 0 unspecified atom stereocenters. The number of hydrogen-bond acceptors (Lipinski definition) is 7. The fourth-order valence-electron chi connectivity index (χ4n) is 3.65. The lowest BCUT2D eigenvalue weighted by Crippen LogP contribution is -2.17. The van der Waals surface area contributed by atoms with E-state index in [4.69, 9.17) is 14.2 Å². The molecule has 1 fully saturated rings. The molecule has 33 heavy (non-hydrogen) atoms. The van der Waals surface area contributed by atoms with Gasteiger partial charge in [0.05, 0.1) is 23.3 Å². The molecule has 1 saturated carbocycles. The summed E-state index contributed by atoms with van der Waals surface area (Å²) >= 11 is 0. The molecule has 1 aliphatic rings. The number of ketones is 1. The van der Waals surface area contributed by atoms with Crippen LogP contribution in [-0.4, -0.2) is 43.5 Å². The standard InChI is InChI=1S/C26H28O7/c1-18(27)20-7-9-21(10-8-20)24(28)31-15-16-32-25(29)22-11-13-23(14-12-22)26(30)33-17-19-5-3-2-4-6-19/h7-14,19H,2-6,15-17H2,1H3. The van der Waals surface area contributed by atoms with Crippen molar-refractivity contribution >= 4 is 23.7 Å². The molecule has 7 heteroatoms. The molecular formula is C26H28O7. The van der Waals surface area contributed by atoms with Crippen molar-refractivity contribution in [3.63, 3.8) is 0 Å². The highest BCUT2D eigenvalue weighted by Crippen LogP contribution is 2.24. The minimum atomic E-state index is -0.584. The van der Waals surface area contributed by atoms with E-state index < -0.39 is 17.9 Å². The van der Waals surface area contributed by atoms with Gasteiger partial charge in [0.25, 0.3) is 0 Å². The minimum absolute atomic E-state index is 0.0915. The van der Waals surface area contributed by atoms with Crippen LogP contribution in [0.4, 0.5) is 0 Å². The number of esters is 3. The Balaban J connectivity index is 1.38. The predicted octanol–water partition coefficient (Wildman–Crippen LogP) is 4.64. The summed E-state index contributed by atoms with van der Waals surface area (Å²) in [4.78, 5) is 47.6. The molecular weight excluding hydrogens is 424 g/mol. The average molecular weight is 453 g/mol. The monoisotopic (exact) mass is 452 g/mol. The van der Waals surface area contributed by atoms with E-state index in [9.17, 15) is 19.2 Å². The Morgan fingerprint density at radius 1 is 0.636 bits per heavy atom. The van der Waals surface area contributed by atoms with E-state index in [-0.39, 0.29) is 24.6 Å². The van der Waals surface area contributed by atoms with Crippen molar-refractivity contribution in [1.82, 2.24) is 0 Å². The molecule has 0 aromatic heterocycles. The highest BCUT2D eigenvalue weighted by molar-refractivity contribution is 5.96. The third-order valence-electron chi connectivity index (χ3n) is 5.61. The first-order valence-corrected chi connectivity index (χ1v) is 11.2. The highest BCUT2D eigenvalue weighted by Gasteiger charge is 2.17. The first kappa shape index (κ1) is 24.2. The normalized spacial score (nSPS) is 13.7. The Bertz CT molecular complexity index is 971. The van der Waals surface area contributed by atoms with Crippen LogP contribution in [0.5, 0.6) is 0 Å². The van der Waals surface area contributed by atoms with Crippen molar-refractivity contribution in [2.75, 3.05) is 19.8 Å². The van der Waals surface area contributed by atoms with Crippen LogP contribution in [0.25, 0.3) is 0 Å². The maximum Gasteiger partial charge on any atom is 0.338 e. The lowest BCUT2D eigenvalue weighted by atomic mass is 9.90. The van der Waals surface area contributed by atoms with Gasteiger partial charge in [-0.05, 0) is 62.1 Å². The Labute approximate surface area is 193 Å². The predicted molar refractivity (Wildman–Crippen MR) is 120 cm³/mol. The van der Waals surface area contributed by atoms with Gasteiger partial charge < -0.3 is 14.2 Å². The van der Waals surface area contributed by atoms with Crippen LogP contribution in [0, 0.1) is 5.92 Å². The quantitative estimate of drug-likeness (QED) is 0.237. The molecule has 2 aromatic rings. The van der Waals surface area contributed by atoms with Crippen LogP contribution in [0.15, 0.2) is 48.5 Å². The minimum Gasteiger partial charge on any atom is -0.462 e. The summed E-state index contributed by atoms with van der Waals surface area (Å²) in [6.45, 7) is 1.66. The fraction of sp³-hybridized carbons (Fsp3) is 0.385. The van der Waals surface area contributed by atoms with Crippen molar-refractivity contribution in [1.29, 1.82) is 0 Å². The number of carbonyl (C=O) groups excluding carboxylic acids is 4. The van der Waals surface area contributed by atoms with E-state index in [1.165, 1.54) is 62.6 Å². The highest BCUT2D eigenvalue weighted by atomic mass is 16.6. The zero-order valence-corrected chi connectivity index (χ0v) is 18.7. The SMILES string of the molecule is CC(=O)c1ccc(C(=O)OCCOC(=O)c2ccc(C(=O)OCC3CCCCC3)cc2)cc1. The van der Waals surface area contributed by atoms with E-state index in [1.54, 1.807) is 12.1 Å². The van der Waals surface area contributed by atoms with Gasteiger partial charge >= 0.3 is 17.9 Å². The molecule has 3 rings (SSSR count). The number of benzene rings is 2. The maximum absolute atomic E-state index is 12.2. The maximum atomic E-state index is 12.2. The summed E-state index contributed by atoms with van der Waals surface area (Å²) in [5.41, 5.74) is 1.47.